The molecule has 0 bridgehead atoms. The van der Waals surface area contributed by atoms with Gasteiger partial charge in [-0.3, -0.25) is 0 Å². The Balaban J connectivity index is 2.04. The molecule has 9 heteroatoms. The maximum absolute atomic E-state index is 12.5. The number of anilines is 1. The Kier molecular flexibility index (Phi) is 4.88. The minimum atomic E-state index is -4.79. The zero-order valence-electron chi connectivity index (χ0n) is 12.5. The van der Waals surface area contributed by atoms with E-state index in [4.69, 9.17) is 15.2 Å². The van der Waals surface area contributed by atoms with E-state index in [0.717, 1.165) is 6.42 Å². The van der Waals surface area contributed by atoms with Crippen molar-refractivity contribution in [2.75, 3.05) is 25.1 Å². The quantitative estimate of drug-likeness (QED) is 0.581. The van der Waals surface area contributed by atoms with E-state index in [1.165, 1.54) is 0 Å². The van der Waals surface area contributed by atoms with Crippen molar-refractivity contribution < 1.29 is 27.8 Å². The maximum atomic E-state index is 12.5. The number of benzene rings is 1. The van der Waals surface area contributed by atoms with Gasteiger partial charge in [-0.1, -0.05) is 0 Å². The Bertz CT molecular complexity index is 588. The number of fused-ring (bicyclic) bond motifs is 1. The smallest absolute Gasteiger partial charge is 0.418 e. The van der Waals surface area contributed by atoms with Crippen LogP contribution in [0.2, 0.25) is 0 Å². The number of aliphatic imine (C=N–C) groups is 1. The van der Waals surface area contributed by atoms with E-state index < -0.39 is 18.3 Å². The van der Waals surface area contributed by atoms with Crippen molar-refractivity contribution >= 4 is 11.6 Å². The van der Waals surface area contributed by atoms with E-state index >= 15 is 0 Å². The summed E-state index contributed by atoms with van der Waals surface area (Å²) in [5, 5.41) is 12.0. The molecule has 1 aromatic rings. The van der Waals surface area contributed by atoms with Gasteiger partial charge in [-0.2, -0.15) is 13.2 Å². The Labute approximate surface area is 131 Å². The second-order valence-corrected chi connectivity index (χ2v) is 5.31. The molecule has 0 aromatic heterocycles. The van der Waals surface area contributed by atoms with E-state index in [1.54, 1.807) is 18.2 Å². The van der Waals surface area contributed by atoms with Gasteiger partial charge in [0.1, 0.15) is 0 Å². The summed E-state index contributed by atoms with van der Waals surface area (Å²) in [6.07, 6.45) is -4.03. The van der Waals surface area contributed by atoms with Crippen LogP contribution in [0.1, 0.15) is 13.3 Å². The van der Waals surface area contributed by atoms with E-state index in [0.29, 0.717) is 37.3 Å². The van der Waals surface area contributed by atoms with Gasteiger partial charge < -0.3 is 25.6 Å². The monoisotopic (exact) mass is 333 g/mol. The van der Waals surface area contributed by atoms with Gasteiger partial charge in [0.2, 0.25) is 0 Å². The molecule has 23 heavy (non-hydrogen) atoms. The fourth-order valence-electron chi connectivity index (χ4n) is 1.76. The molecule has 1 aromatic carbocycles. The SMILES string of the molecule is CC(O)(CN=C(N)Nc1ccc2c(c1)OCCCO2)C(F)(F)F. The number of nitrogens with zero attached hydrogens (tertiary/aromatic N) is 1. The van der Waals surface area contributed by atoms with Crippen molar-refractivity contribution in [2.24, 2.45) is 10.7 Å². The van der Waals surface area contributed by atoms with Crippen LogP contribution in [0.5, 0.6) is 11.5 Å². The molecule has 1 heterocycles. The van der Waals surface area contributed by atoms with Gasteiger partial charge in [0.25, 0.3) is 0 Å². The summed E-state index contributed by atoms with van der Waals surface area (Å²) in [7, 11) is 0. The predicted octanol–water partition coefficient (Wildman–Crippen LogP) is 1.89. The number of ether oxygens (including phenoxy) is 2. The minimum absolute atomic E-state index is 0.246. The zero-order chi connectivity index (χ0) is 17.1. The minimum Gasteiger partial charge on any atom is -0.490 e. The van der Waals surface area contributed by atoms with Crippen molar-refractivity contribution in [3.8, 4) is 11.5 Å². The molecule has 1 aliphatic heterocycles. The Morgan fingerprint density at radius 3 is 2.61 bits per heavy atom. The summed E-state index contributed by atoms with van der Waals surface area (Å²) in [5.41, 5.74) is 3.10. The molecule has 128 valence electrons. The average molecular weight is 333 g/mol. The van der Waals surface area contributed by atoms with Crippen LogP contribution in [0.25, 0.3) is 0 Å². The molecule has 6 nitrogen and oxygen atoms in total. The van der Waals surface area contributed by atoms with Gasteiger partial charge >= 0.3 is 6.18 Å². The lowest BCUT2D eigenvalue weighted by molar-refractivity contribution is -0.248. The van der Waals surface area contributed by atoms with Gasteiger partial charge in [-0.25, -0.2) is 4.99 Å². The normalized spacial score (nSPS) is 18.0. The van der Waals surface area contributed by atoms with Gasteiger partial charge in [-0.15, -0.1) is 0 Å². The molecule has 0 aliphatic carbocycles. The van der Waals surface area contributed by atoms with Crippen LogP contribution in [-0.4, -0.2) is 42.6 Å². The van der Waals surface area contributed by atoms with Crippen molar-refractivity contribution in [1.82, 2.24) is 0 Å². The Hall–Kier alpha value is -2.16. The first-order valence-electron chi connectivity index (χ1n) is 6.95. The molecule has 0 spiro atoms. The summed E-state index contributed by atoms with van der Waals surface area (Å²) < 4.78 is 48.5. The number of hydrogen-bond donors (Lipinski definition) is 3. The van der Waals surface area contributed by atoms with Crippen molar-refractivity contribution in [3.05, 3.63) is 18.2 Å². The summed E-state index contributed by atoms with van der Waals surface area (Å²) in [5.74, 6) is 0.857. The van der Waals surface area contributed by atoms with Crippen LogP contribution in [0, 0.1) is 0 Å². The number of halogens is 3. The number of nitrogens with two attached hydrogens (primary N) is 1. The van der Waals surface area contributed by atoms with Crippen LogP contribution in [0.15, 0.2) is 23.2 Å². The third-order valence-electron chi connectivity index (χ3n) is 3.19. The average Bonchev–Trinajstić information content (AvgIpc) is 2.69. The highest BCUT2D eigenvalue weighted by Gasteiger charge is 2.49. The van der Waals surface area contributed by atoms with Gasteiger partial charge in [-0.05, 0) is 19.1 Å². The summed E-state index contributed by atoms with van der Waals surface area (Å²) >= 11 is 0. The fourth-order valence-corrected chi connectivity index (χ4v) is 1.76. The van der Waals surface area contributed by atoms with Crippen LogP contribution in [-0.2, 0) is 0 Å². The number of guanidine groups is 1. The third-order valence-corrected chi connectivity index (χ3v) is 3.19. The summed E-state index contributed by atoms with van der Waals surface area (Å²) in [6.45, 7) is 0.793. The van der Waals surface area contributed by atoms with E-state index in [-0.39, 0.29) is 5.96 Å². The van der Waals surface area contributed by atoms with Gasteiger partial charge in [0.15, 0.2) is 23.1 Å². The molecule has 0 saturated carbocycles. The molecule has 1 atom stereocenters. The molecule has 0 amide bonds. The summed E-state index contributed by atoms with van der Waals surface area (Å²) in [6, 6.07) is 4.92. The molecular weight excluding hydrogens is 315 g/mol. The fraction of sp³-hybridized carbons (Fsp3) is 0.500. The summed E-state index contributed by atoms with van der Waals surface area (Å²) in [4.78, 5) is 3.53. The lowest BCUT2D eigenvalue weighted by atomic mass is 10.1. The van der Waals surface area contributed by atoms with Crippen LogP contribution in [0.3, 0.4) is 0 Å². The highest BCUT2D eigenvalue weighted by molar-refractivity contribution is 5.92. The standard InChI is InChI=1S/C14H18F3N3O3/c1-13(21,14(15,16)17)8-19-12(18)20-9-3-4-10-11(7-9)23-6-2-5-22-10/h3-4,7,21H,2,5-6,8H2,1H3,(H3,18,19,20). The largest absolute Gasteiger partial charge is 0.490 e. The molecule has 0 fully saturated rings. The molecule has 1 aliphatic rings. The molecule has 0 radical (unpaired) electrons. The number of alkyl halides is 3. The second-order valence-electron chi connectivity index (χ2n) is 5.31. The Morgan fingerprint density at radius 2 is 1.96 bits per heavy atom. The first-order valence-corrected chi connectivity index (χ1v) is 6.95. The van der Waals surface area contributed by atoms with Gasteiger partial charge in [0.05, 0.1) is 19.8 Å². The van der Waals surface area contributed by atoms with Crippen molar-refractivity contribution in [1.29, 1.82) is 0 Å². The molecule has 1 unspecified atom stereocenters. The van der Waals surface area contributed by atoms with Crippen LogP contribution >= 0.6 is 0 Å². The highest BCUT2D eigenvalue weighted by Crippen LogP contribution is 2.32. The lowest BCUT2D eigenvalue weighted by Gasteiger charge is -2.24. The zero-order valence-corrected chi connectivity index (χ0v) is 12.5. The Morgan fingerprint density at radius 1 is 1.30 bits per heavy atom. The number of nitrogens with one attached hydrogen (secondary N) is 1. The van der Waals surface area contributed by atoms with Crippen molar-refractivity contribution in [3.63, 3.8) is 0 Å². The highest BCUT2D eigenvalue weighted by atomic mass is 19.4. The molecule has 2 rings (SSSR count). The topological polar surface area (TPSA) is 89.1 Å². The van der Waals surface area contributed by atoms with E-state index in [2.05, 4.69) is 10.3 Å². The molecule has 4 N–H and O–H groups in total. The van der Waals surface area contributed by atoms with Crippen molar-refractivity contribution in [2.45, 2.75) is 25.1 Å². The number of aliphatic hydroxyl groups is 1. The molecule has 0 saturated heterocycles. The first kappa shape index (κ1) is 17.2. The number of hydrogen-bond acceptors (Lipinski definition) is 4. The maximum Gasteiger partial charge on any atom is 0.418 e. The van der Waals surface area contributed by atoms with Gasteiger partial charge in [0, 0.05) is 18.2 Å². The predicted molar refractivity (Wildman–Crippen MR) is 78.8 cm³/mol. The first-order chi connectivity index (χ1) is 10.7. The van der Waals surface area contributed by atoms with Crippen LogP contribution in [0.4, 0.5) is 18.9 Å². The third kappa shape index (κ3) is 4.41. The number of rotatable bonds is 3. The molecular formula is C14H18F3N3O3. The van der Waals surface area contributed by atoms with E-state index in [9.17, 15) is 18.3 Å². The second kappa shape index (κ2) is 6.53. The lowest BCUT2D eigenvalue weighted by Crippen LogP contribution is -2.45. The van der Waals surface area contributed by atoms with E-state index in [1.807, 2.05) is 0 Å². The van der Waals surface area contributed by atoms with Crippen LogP contribution < -0.4 is 20.5 Å².